The van der Waals surface area contributed by atoms with Crippen LogP contribution in [0.15, 0.2) is 18.2 Å². The van der Waals surface area contributed by atoms with Crippen LogP contribution in [0.2, 0.25) is 0 Å². The van der Waals surface area contributed by atoms with Gasteiger partial charge in [-0.3, -0.25) is 4.90 Å². The van der Waals surface area contributed by atoms with E-state index in [0.29, 0.717) is 12.5 Å². The molecule has 33 heavy (non-hydrogen) atoms. The molecule has 0 radical (unpaired) electrons. The summed E-state index contributed by atoms with van der Waals surface area (Å²) in [6.45, 7) is 16.5. The van der Waals surface area contributed by atoms with E-state index in [-0.39, 0.29) is 12.1 Å². The van der Waals surface area contributed by atoms with E-state index in [1.165, 1.54) is 0 Å². The molecule has 0 bridgehead atoms. The van der Waals surface area contributed by atoms with Crippen LogP contribution in [0.1, 0.15) is 80.5 Å². The number of imidazole rings is 1. The normalized spacial score (nSPS) is 24.4. The molecule has 1 amide bonds. The van der Waals surface area contributed by atoms with Gasteiger partial charge < -0.3 is 19.0 Å². The van der Waals surface area contributed by atoms with Crippen LogP contribution in [0.25, 0.3) is 11.0 Å². The number of benzene rings is 1. The van der Waals surface area contributed by atoms with Crippen LogP contribution in [-0.2, 0) is 20.6 Å². The van der Waals surface area contributed by atoms with Gasteiger partial charge in [0.1, 0.15) is 11.4 Å². The molecule has 1 saturated carbocycles. The fourth-order valence-electron chi connectivity index (χ4n) is 4.57. The number of H-pyrrole nitrogens is 1. The first-order chi connectivity index (χ1) is 15.2. The predicted octanol–water partition coefficient (Wildman–Crippen LogP) is 4.79. The molecule has 8 heteroatoms. The third-order valence-corrected chi connectivity index (χ3v) is 7.14. The Hall–Kier alpha value is -2.06. The van der Waals surface area contributed by atoms with Crippen molar-refractivity contribution in [2.24, 2.45) is 5.92 Å². The zero-order valence-corrected chi connectivity index (χ0v) is 21.3. The fourth-order valence-corrected chi connectivity index (χ4v) is 4.57. The monoisotopic (exact) mass is 455 g/mol. The molecule has 2 heterocycles. The minimum atomic E-state index is -0.537. The Kier molecular flexibility index (Phi) is 6.06. The number of ether oxygens (including phenoxy) is 1. The van der Waals surface area contributed by atoms with Gasteiger partial charge in [0.2, 0.25) is 0 Å². The highest BCUT2D eigenvalue weighted by molar-refractivity contribution is 6.62. The second kappa shape index (κ2) is 8.31. The molecule has 2 atom stereocenters. The average molecular weight is 455 g/mol. The minimum Gasteiger partial charge on any atom is -0.444 e. The molecule has 1 aliphatic carbocycles. The summed E-state index contributed by atoms with van der Waals surface area (Å²) in [6, 6.07) is 6.18. The first-order valence-electron chi connectivity index (χ1n) is 12.1. The lowest BCUT2D eigenvalue weighted by Gasteiger charge is -2.32. The summed E-state index contributed by atoms with van der Waals surface area (Å²) in [7, 11) is -0.426. The van der Waals surface area contributed by atoms with E-state index in [2.05, 4.69) is 39.6 Å². The standard InChI is InChI=1S/C25H38BN3O4/c1-16-9-11-18(13-16)29(22(30)31-23(2,3)4)15-21-27-19-12-10-17(14-20(19)28-21)26-32-24(5,6)25(7,8)33-26/h10,12,14,16,18H,9,11,13,15H2,1-8H3,(H,27,28)/t16-,18+/m0/s1. The van der Waals surface area contributed by atoms with Crippen LogP contribution in [0.3, 0.4) is 0 Å². The summed E-state index contributed by atoms with van der Waals surface area (Å²) >= 11 is 0. The first-order valence-corrected chi connectivity index (χ1v) is 12.1. The van der Waals surface area contributed by atoms with Crippen molar-refractivity contribution in [3.05, 3.63) is 24.0 Å². The van der Waals surface area contributed by atoms with Gasteiger partial charge >= 0.3 is 13.2 Å². The van der Waals surface area contributed by atoms with E-state index in [9.17, 15) is 4.79 Å². The van der Waals surface area contributed by atoms with Crippen LogP contribution in [0.5, 0.6) is 0 Å². The lowest BCUT2D eigenvalue weighted by atomic mass is 9.79. The van der Waals surface area contributed by atoms with Crippen molar-refractivity contribution in [3.63, 3.8) is 0 Å². The maximum absolute atomic E-state index is 13.1. The molecule has 1 aliphatic heterocycles. The second-order valence-corrected chi connectivity index (χ2v) is 11.7. The molecule has 7 nitrogen and oxygen atoms in total. The average Bonchev–Trinajstić information content (AvgIpc) is 3.33. The van der Waals surface area contributed by atoms with E-state index in [1.807, 2.05) is 43.9 Å². The number of carbonyl (C=O) groups excluding carboxylic acids is 1. The Morgan fingerprint density at radius 1 is 1.21 bits per heavy atom. The predicted molar refractivity (Wildman–Crippen MR) is 130 cm³/mol. The molecule has 2 fully saturated rings. The van der Waals surface area contributed by atoms with Crippen molar-refractivity contribution in [2.75, 3.05) is 0 Å². The van der Waals surface area contributed by atoms with Crippen molar-refractivity contribution in [1.82, 2.24) is 14.9 Å². The quantitative estimate of drug-likeness (QED) is 0.671. The van der Waals surface area contributed by atoms with Gasteiger partial charge in [0.05, 0.1) is 28.8 Å². The molecule has 180 valence electrons. The first kappa shape index (κ1) is 24.1. The zero-order chi connectivity index (χ0) is 24.2. The molecular formula is C25H38BN3O4. The number of aromatic amines is 1. The Labute approximate surface area is 197 Å². The van der Waals surface area contributed by atoms with E-state index < -0.39 is 23.9 Å². The number of nitrogens with one attached hydrogen (secondary N) is 1. The summed E-state index contributed by atoms with van der Waals surface area (Å²) in [5.74, 6) is 1.36. The van der Waals surface area contributed by atoms with Gasteiger partial charge in [0.25, 0.3) is 0 Å². The van der Waals surface area contributed by atoms with Crippen molar-refractivity contribution in [1.29, 1.82) is 0 Å². The number of carbonyl (C=O) groups is 1. The van der Waals surface area contributed by atoms with Gasteiger partial charge in [-0.05, 0) is 91.2 Å². The van der Waals surface area contributed by atoms with Gasteiger partial charge in [-0.25, -0.2) is 9.78 Å². The van der Waals surface area contributed by atoms with Gasteiger partial charge in [-0.1, -0.05) is 13.0 Å². The van der Waals surface area contributed by atoms with Crippen LogP contribution in [-0.4, -0.2) is 50.9 Å². The Morgan fingerprint density at radius 2 is 1.88 bits per heavy atom. The zero-order valence-electron chi connectivity index (χ0n) is 21.3. The Balaban J connectivity index is 1.56. The van der Waals surface area contributed by atoms with Crippen LogP contribution >= 0.6 is 0 Å². The molecule has 0 spiro atoms. The lowest BCUT2D eigenvalue weighted by Crippen LogP contribution is -2.42. The maximum atomic E-state index is 13.1. The number of nitrogens with zero attached hydrogens (tertiary/aromatic N) is 2. The number of rotatable bonds is 4. The third-order valence-electron chi connectivity index (χ3n) is 7.14. The number of hydrogen-bond acceptors (Lipinski definition) is 5. The molecule has 4 rings (SSSR count). The van der Waals surface area contributed by atoms with E-state index in [1.54, 1.807) is 0 Å². The number of fused-ring (bicyclic) bond motifs is 1. The van der Waals surface area contributed by atoms with Crippen molar-refractivity contribution in [2.45, 2.75) is 104 Å². The highest BCUT2D eigenvalue weighted by atomic mass is 16.7. The minimum absolute atomic E-state index is 0.170. The Bertz CT molecular complexity index is 1010. The van der Waals surface area contributed by atoms with E-state index in [0.717, 1.165) is 41.6 Å². The van der Waals surface area contributed by atoms with Gasteiger partial charge in [0, 0.05) is 6.04 Å². The lowest BCUT2D eigenvalue weighted by molar-refractivity contribution is 0.00578. The van der Waals surface area contributed by atoms with Crippen molar-refractivity contribution < 1.29 is 18.8 Å². The van der Waals surface area contributed by atoms with Crippen molar-refractivity contribution in [3.8, 4) is 0 Å². The van der Waals surface area contributed by atoms with Crippen LogP contribution in [0.4, 0.5) is 4.79 Å². The maximum Gasteiger partial charge on any atom is 0.494 e. The largest absolute Gasteiger partial charge is 0.494 e. The molecule has 1 aromatic carbocycles. The smallest absolute Gasteiger partial charge is 0.444 e. The molecule has 1 N–H and O–H groups in total. The molecule has 1 saturated heterocycles. The highest BCUT2D eigenvalue weighted by Gasteiger charge is 2.51. The number of hydrogen-bond donors (Lipinski definition) is 1. The fraction of sp³-hybridized carbons (Fsp3) is 0.680. The number of amides is 1. The molecular weight excluding hydrogens is 417 g/mol. The SMILES string of the molecule is C[C@H]1CC[C@@H](N(Cc2nc3ccc(B4OC(C)(C)C(C)(C)O4)cc3[nH]2)C(=O)OC(C)(C)C)C1. The third kappa shape index (κ3) is 5.07. The summed E-state index contributed by atoms with van der Waals surface area (Å²) in [6.07, 6.45) is 2.83. The van der Waals surface area contributed by atoms with E-state index >= 15 is 0 Å². The van der Waals surface area contributed by atoms with Crippen molar-refractivity contribution >= 4 is 29.7 Å². The van der Waals surface area contributed by atoms with Gasteiger partial charge in [0.15, 0.2) is 0 Å². The topological polar surface area (TPSA) is 76.7 Å². The van der Waals surface area contributed by atoms with Crippen LogP contribution < -0.4 is 5.46 Å². The molecule has 2 aliphatic rings. The number of aromatic nitrogens is 2. The highest BCUT2D eigenvalue weighted by Crippen LogP contribution is 2.36. The summed E-state index contributed by atoms with van der Waals surface area (Å²) < 4.78 is 18.1. The summed E-state index contributed by atoms with van der Waals surface area (Å²) in [5, 5.41) is 0. The summed E-state index contributed by atoms with van der Waals surface area (Å²) in [4.78, 5) is 23.1. The molecule has 0 unspecified atom stereocenters. The molecule has 2 aromatic rings. The second-order valence-electron chi connectivity index (χ2n) is 11.7. The van der Waals surface area contributed by atoms with Gasteiger partial charge in [-0.2, -0.15) is 0 Å². The Morgan fingerprint density at radius 3 is 2.45 bits per heavy atom. The van der Waals surface area contributed by atoms with E-state index in [4.69, 9.17) is 19.0 Å². The van der Waals surface area contributed by atoms with Gasteiger partial charge in [-0.15, -0.1) is 0 Å². The molecule has 1 aromatic heterocycles. The summed E-state index contributed by atoms with van der Waals surface area (Å²) in [5.41, 5.74) is 1.39. The van der Waals surface area contributed by atoms with Crippen LogP contribution in [0, 0.1) is 5.92 Å².